The number of amides is 1. The summed E-state index contributed by atoms with van der Waals surface area (Å²) in [6, 6.07) is 5.13. The standard InChI is InChI=1S/C12H13NO3/c1-13-6-5-8-3-4-9(12(15)16-2)7-10(8)11(13)14/h3-4,7H,5-6H2,1-2H3. The molecule has 2 rings (SSSR count). The lowest BCUT2D eigenvalue weighted by atomic mass is 9.97. The molecule has 0 aromatic heterocycles. The summed E-state index contributed by atoms with van der Waals surface area (Å²) >= 11 is 0. The number of hydrogen-bond acceptors (Lipinski definition) is 3. The van der Waals surface area contributed by atoms with Crippen molar-refractivity contribution in [1.82, 2.24) is 4.90 Å². The van der Waals surface area contributed by atoms with Crippen LogP contribution in [0.1, 0.15) is 26.3 Å². The molecule has 16 heavy (non-hydrogen) atoms. The number of likely N-dealkylation sites (N-methyl/N-ethyl adjacent to an activating group) is 1. The quantitative estimate of drug-likeness (QED) is 0.664. The Labute approximate surface area is 93.8 Å². The summed E-state index contributed by atoms with van der Waals surface area (Å²) in [5.74, 6) is -0.448. The van der Waals surface area contributed by atoms with Crippen molar-refractivity contribution in [3.63, 3.8) is 0 Å². The highest BCUT2D eigenvalue weighted by Gasteiger charge is 2.22. The second kappa shape index (κ2) is 3.96. The minimum absolute atomic E-state index is 0.0352. The molecule has 1 aromatic rings. The van der Waals surface area contributed by atoms with Gasteiger partial charge < -0.3 is 9.64 Å². The molecule has 0 atom stereocenters. The molecule has 84 valence electrons. The van der Waals surface area contributed by atoms with Crippen LogP contribution in [0, 0.1) is 0 Å². The van der Waals surface area contributed by atoms with Crippen LogP contribution in [-0.4, -0.2) is 37.5 Å². The lowest BCUT2D eigenvalue weighted by Crippen LogP contribution is -2.34. The highest BCUT2D eigenvalue weighted by atomic mass is 16.5. The average Bonchev–Trinajstić information content (AvgIpc) is 2.32. The summed E-state index contributed by atoms with van der Waals surface area (Å²) in [5.41, 5.74) is 2.03. The summed E-state index contributed by atoms with van der Waals surface area (Å²) in [6.45, 7) is 0.726. The van der Waals surface area contributed by atoms with Gasteiger partial charge in [0.2, 0.25) is 0 Å². The highest BCUT2D eigenvalue weighted by molar-refractivity contribution is 5.99. The van der Waals surface area contributed by atoms with E-state index < -0.39 is 5.97 Å². The lowest BCUT2D eigenvalue weighted by molar-refractivity contribution is 0.0600. The lowest BCUT2D eigenvalue weighted by Gasteiger charge is -2.24. The van der Waals surface area contributed by atoms with Gasteiger partial charge in [0.15, 0.2) is 0 Å². The van der Waals surface area contributed by atoms with Crippen molar-refractivity contribution >= 4 is 11.9 Å². The molecule has 0 fully saturated rings. The molecule has 0 N–H and O–H groups in total. The molecule has 0 saturated carbocycles. The van der Waals surface area contributed by atoms with Crippen molar-refractivity contribution in [1.29, 1.82) is 0 Å². The van der Waals surface area contributed by atoms with E-state index in [2.05, 4.69) is 4.74 Å². The van der Waals surface area contributed by atoms with Gasteiger partial charge in [-0.25, -0.2) is 4.79 Å². The molecule has 0 bridgehead atoms. The van der Waals surface area contributed by atoms with Gasteiger partial charge >= 0.3 is 5.97 Å². The van der Waals surface area contributed by atoms with Crippen LogP contribution in [0.5, 0.6) is 0 Å². The van der Waals surface area contributed by atoms with Crippen molar-refractivity contribution in [2.75, 3.05) is 20.7 Å². The predicted molar refractivity (Wildman–Crippen MR) is 58.4 cm³/mol. The molecule has 4 nitrogen and oxygen atoms in total. The Bertz CT molecular complexity index is 454. The zero-order valence-electron chi connectivity index (χ0n) is 9.32. The molecule has 4 heteroatoms. The van der Waals surface area contributed by atoms with E-state index in [0.717, 1.165) is 18.5 Å². The van der Waals surface area contributed by atoms with Crippen molar-refractivity contribution < 1.29 is 14.3 Å². The number of ether oxygens (including phenoxy) is 1. The fourth-order valence-corrected chi connectivity index (χ4v) is 1.83. The number of carbonyl (C=O) groups excluding carboxylic acids is 2. The normalized spacial score (nSPS) is 14.6. The van der Waals surface area contributed by atoms with E-state index in [1.165, 1.54) is 7.11 Å². The average molecular weight is 219 g/mol. The molecule has 0 saturated heterocycles. The van der Waals surface area contributed by atoms with Gasteiger partial charge in [0.25, 0.3) is 5.91 Å². The summed E-state index contributed by atoms with van der Waals surface area (Å²) in [5, 5.41) is 0. The zero-order valence-corrected chi connectivity index (χ0v) is 9.32. The van der Waals surface area contributed by atoms with Crippen molar-refractivity contribution in [2.24, 2.45) is 0 Å². The fraction of sp³-hybridized carbons (Fsp3) is 0.333. The van der Waals surface area contributed by atoms with Gasteiger partial charge in [0.05, 0.1) is 12.7 Å². The molecule has 1 aliphatic heterocycles. The van der Waals surface area contributed by atoms with Crippen LogP contribution in [0.4, 0.5) is 0 Å². The molecule has 1 heterocycles. The smallest absolute Gasteiger partial charge is 0.337 e. The molecular weight excluding hydrogens is 206 g/mol. The molecule has 0 aliphatic carbocycles. The summed E-state index contributed by atoms with van der Waals surface area (Å²) in [7, 11) is 3.09. The third-order valence-corrected chi connectivity index (χ3v) is 2.82. The van der Waals surface area contributed by atoms with E-state index >= 15 is 0 Å². The van der Waals surface area contributed by atoms with Gasteiger partial charge in [0.1, 0.15) is 0 Å². The maximum Gasteiger partial charge on any atom is 0.337 e. The van der Waals surface area contributed by atoms with Gasteiger partial charge in [-0.2, -0.15) is 0 Å². The van der Waals surface area contributed by atoms with Gasteiger partial charge in [-0.3, -0.25) is 4.79 Å². The monoisotopic (exact) mass is 219 g/mol. The van der Waals surface area contributed by atoms with E-state index in [1.807, 2.05) is 6.07 Å². The van der Waals surface area contributed by atoms with Crippen LogP contribution in [0.25, 0.3) is 0 Å². The third-order valence-electron chi connectivity index (χ3n) is 2.82. The minimum Gasteiger partial charge on any atom is -0.465 e. The van der Waals surface area contributed by atoms with E-state index in [4.69, 9.17) is 0 Å². The second-order valence-corrected chi connectivity index (χ2v) is 3.84. The SMILES string of the molecule is COC(=O)c1ccc2c(c1)C(=O)N(C)CC2. The Balaban J connectivity index is 2.44. The number of fused-ring (bicyclic) bond motifs is 1. The molecule has 0 spiro atoms. The van der Waals surface area contributed by atoms with Crippen molar-refractivity contribution in [3.8, 4) is 0 Å². The Morgan fingerprint density at radius 1 is 1.44 bits per heavy atom. The van der Waals surface area contributed by atoms with Crippen LogP contribution in [0.3, 0.4) is 0 Å². The van der Waals surface area contributed by atoms with Gasteiger partial charge in [-0.1, -0.05) is 6.07 Å². The first-order chi connectivity index (χ1) is 7.63. The van der Waals surface area contributed by atoms with E-state index in [1.54, 1.807) is 24.1 Å². The number of methoxy groups -OCH3 is 1. The first-order valence-electron chi connectivity index (χ1n) is 5.10. The van der Waals surface area contributed by atoms with Gasteiger partial charge in [-0.05, 0) is 24.1 Å². The van der Waals surface area contributed by atoms with Crippen LogP contribution in [0.15, 0.2) is 18.2 Å². The fourth-order valence-electron chi connectivity index (χ4n) is 1.83. The van der Waals surface area contributed by atoms with Crippen LogP contribution in [0.2, 0.25) is 0 Å². The zero-order chi connectivity index (χ0) is 11.7. The molecule has 0 radical (unpaired) electrons. The first-order valence-corrected chi connectivity index (χ1v) is 5.10. The largest absolute Gasteiger partial charge is 0.465 e. The molecule has 0 unspecified atom stereocenters. The number of carbonyl (C=O) groups is 2. The summed E-state index contributed by atoms with van der Waals surface area (Å²) in [6.07, 6.45) is 0.832. The van der Waals surface area contributed by atoms with Gasteiger partial charge in [-0.15, -0.1) is 0 Å². The van der Waals surface area contributed by atoms with Gasteiger partial charge in [0, 0.05) is 19.2 Å². The first kappa shape index (κ1) is 10.7. The van der Waals surface area contributed by atoms with E-state index in [9.17, 15) is 9.59 Å². The highest BCUT2D eigenvalue weighted by Crippen LogP contribution is 2.19. The molecular formula is C12H13NO3. The van der Waals surface area contributed by atoms with Crippen LogP contribution in [-0.2, 0) is 11.2 Å². The predicted octanol–water partition coefficient (Wildman–Crippen LogP) is 1.10. The Kier molecular flexibility index (Phi) is 2.64. The summed E-state index contributed by atoms with van der Waals surface area (Å²) < 4.78 is 4.63. The van der Waals surface area contributed by atoms with E-state index in [-0.39, 0.29) is 5.91 Å². The van der Waals surface area contributed by atoms with Crippen LogP contribution >= 0.6 is 0 Å². The number of benzene rings is 1. The maximum atomic E-state index is 11.9. The number of rotatable bonds is 1. The molecule has 1 amide bonds. The number of esters is 1. The van der Waals surface area contributed by atoms with Crippen LogP contribution < -0.4 is 0 Å². The Morgan fingerprint density at radius 3 is 2.88 bits per heavy atom. The topological polar surface area (TPSA) is 46.6 Å². The van der Waals surface area contributed by atoms with Crippen molar-refractivity contribution in [3.05, 3.63) is 34.9 Å². The Hall–Kier alpha value is -1.84. The minimum atomic E-state index is -0.413. The third kappa shape index (κ3) is 1.66. The Morgan fingerprint density at radius 2 is 2.19 bits per heavy atom. The summed E-state index contributed by atoms with van der Waals surface area (Å²) in [4.78, 5) is 24.8. The second-order valence-electron chi connectivity index (χ2n) is 3.84. The number of hydrogen-bond donors (Lipinski definition) is 0. The maximum absolute atomic E-state index is 11.9. The molecule has 1 aromatic carbocycles. The van der Waals surface area contributed by atoms with Crippen molar-refractivity contribution in [2.45, 2.75) is 6.42 Å². The molecule has 1 aliphatic rings. The van der Waals surface area contributed by atoms with E-state index in [0.29, 0.717) is 11.1 Å². The number of nitrogens with zero attached hydrogens (tertiary/aromatic N) is 1.